The quantitative estimate of drug-likeness (QED) is 0.759. The highest BCUT2D eigenvalue weighted by atomic mass is 16.3. The van der Waals surface area contributed by atoms with Crippen LogP contribution in [0.1, 0.15) is 49.0 Å². The molecule has 6 heteroatoms. The van der Waals surface area contributed by atoms with Gasteiger partial charge in [-0.1, -0.05) is 0 Å². The third-order valence-corrected chi connectivity index (χ3v) is 7.05. The van der Waals surface area contributed by atoms with Crippen LogP contribution in [-0.4, -0.2) is 38.8 Å². The number of rotatable bonds is 5. The first-order valence-electron chi connectivity index (χ1n) is 10.0. The van der Waals surface area contributed by atoms with Gasteiger partial charge in [0.1, 0.15) is 5.69 Å². The molecule has 0 radical (unpaired) electrons. The zero-order valence-electron chi connectivity index (χ0n) is 15.4. The van der Waals surface area contributed by atoms with Crippen molar-refractivity contribution in [2.75, 3.05) is 6.54 Å². The topological polar surface area (TPSA) is 90.9 Å². The number of carbonyl (C=O) groups is 1. The van der Waals surface area contributed by atoms with Crippen LogP contribution in [0.15, 0.2) is 30.6 Å². The molecule has 4 bridgehead atoms. The van der Waals surface area contributed by atoms with Crippen LogP contribution in [0.2, 0.25) is 0 Å². The van der Waals surface area contributed by atoms with E-state index in [1.54, 1.807) is 18.5 Å². The van der Waals surface area contributed by atoms with E-state index in [2.05, 4.69) is 20.5 Å². The maximum atomic E-state index is 12.5. The number of aromatic amines is 1. The van der Waals surface area contributed by atoms with Crippen molar-refractivity contribution < 1.29 is 9.90 Å². The Balaban J connectivity index is 1.23. The van der Waals surface area contributed by atoms with Gasteiger partial charge in [-0.25, -0.2) is 0 Å². The number of hydrogen-bond acceptors (Lipinski definition) is 4. The second-order valence-electron chi connectivity index (χ2n) is 8.91. The molecule has 27 heavy (non-hydrogen) atoms. The SMILES string of the molecule is O=C(NCC(O)C12CC3CC(CC(C3)C1)C2)c1cc(-c2ccncc2)n[nH]1. The summed E-state index contributed by atoms with van der Waals surface area (Å²) in [4.78, 5) is 16.5. The van der Waals surface area contributed by atoms with Gasteiger partial charge in [0.25, 0.3) is 5.91 Å². The Morgan fingerprint density at radius 1 is 1.19 bits per heavy atom. The van der Waals surface area contributed by atoms with Crippen LogP contribution in [0.3, 0.4) is 0 Å². The molecule has 1 atom stereocenters. The molecule has 0 aromatic carbocycles. The highest BCUT2D eigenvalue weighted by Crippen LogP contribution is 2.61. The second-order valence-corrected chi connectivity index (χ2v) is 8.91. The Morgan fingerprint density at radius 3 is 2.44 bits per heavy atom. The number of aliphatic hydroxyl groups excluding tert-OH is 1. The van der Waals surface area contributed by atoms with E-state index in [4.69, 9.17) is 0 Å². The molecular weight excluding hydrogens is 340 g/mol. The van der Waals surface area contributed by atoms with Crippen LogP contribution in [-0.2, 0) is 0 Å². The van der Waals surface area contributed by atoms with Crippen LogP contribution in [0.5, 0.6) is 0 Å². The monoisotopic (exact) mass is 366 g/mol. The number of nitrogens with one attached hydrogen (secondary N) is 2. The summed E-state index contributed by atoms with van der Waals surface area (Å²) in [7, 11) is 0. The van der Waals surface area contributed by atoms with Crippen LogP contribution in [0.25, 0.3) is 11.3 Å². The molecule has 6 nitrogen and oxygen atoms in total. The normalized spacial score (nSPS) is 32.4. The first kappa shape index (κ1) is 16.9. The van der Waals surface area contributed by atoms with Gasteiger partial charge in [-0.2, -0.15) is 5.10 Å². The zero-order chi connectivity index (χ0) is 18.4. The summed E-state index contributed by atoms with van der Waals surface area (Å²) >= 11 is 0. The van der Waals surface area contributed by atoms with E-state index in [-0.39, 0.29) is 11.3 Å². The van der Waals surface area contributed by atoms with Crippen molar-refractivity contribution in [3.63, 3.8) is 0 Å². The molecule has 1 amide bonds. The fraction of sp³-hybridized carbons (Fsp3) is 0.571. The van der Waals surface area contributed by atoms with Crippen molar-refractivity contribution in [1.82, 2.24) is 20.5 Å². The molecule has 0 aliphatic heterocycles. The van der Waals surface area contributed by atoms with Crippen LogP contribution in [0.4, 0.5) is 0 Å². The van der Waals surface area contributed by atoms with E-state index >= 15 is 0 Å². The number of pyridine rings is 1. The molecule has 142 valence electrons. The van der Waals surface area contributed by atoms with Crippen molar-refractivity contribution in [2.24, 2.45) is 23.2 Å². The van der Waals surface area contributed by atoms with Crippen molar-refractivity contribution >= 4 is 5.91 Å². The van der Waals surface area contributed by atoms with Gasteiger partial charge in [0.15, 0.2) is 0 Å². The standard InChI is InChI=1S/C21H26N4O2/c26-19(21-9-13-5-14(10-21)7-15(6-13)11-21)12-23-20(27)18-8-17(24-25-18)16-1-3-22-4-2-16/h1-4,8,13-15,19,26H,5-7,9-12H2,(H,23,27)(H,24,25). The molecule has 2 aromatic heterocycles. The number of nitrogens with zero attached hydrogens (tertiary/aromatic N) is 2. The smallest absolute Gasteiger partial charge is 0.269 e. The van der Waals surface area contributed by atoms with E-state index in [9.17, 15) is 9.90 Å². The molecule has 2 heterocycles. The molecule has 6 rings (SSSR count). The summed E-state index contributed by atoms with van der Waals surface area (Å²) in [5.41, 5.74) is 2.07. The zero-order valence-corrected chi connectivity index (χ0v) is 15.4. The number of aliphatic hydroxyl groups is 1. The van der Waals surface area contributed by atoms with Crippen LogP contribution >= 0.6 is 0 Å². The lowest BCUT2D eigenvalue weighted by molar-refractivity contribution is -0.118. The summed E-state index contributed by atoms with van der Waals surface area (Å²) in [6, 6.07) is 5.45. The maximum absolute atomic E-state index is 12.5. The summed E-state index contributed by atoms with van der Waals surface area (Å²) in [5, 5.41) is 20.9. The average molecular weight is 366 g/mol. The average Bonchev–Trinajstić information content (AvgIpc) is 3.16. The van der Waals surface area contributed by atoms with Gasteiger partial charge in [0, 0.05) is 24.5 Å². The second kappa shape index (κ2) is 6.44. The molecule has 4 aliphatic carbocycles. The first-order chi connectivity index (χ1) is 13.1. The minimum absolute atomic E-state index is 0.0260. The fourth-order valence-corrected chi connectivity index (χ4v) is 6.20. The Bertz CT molecular complexity index is 796. The van der Waals surface area contributed by atoms with Gasteiger partial charge in [-0.05, 0) is 79.9 Å². The van der Waals surface area contributed by atoms with Gasteiger partial charge >= 0.3 is 0 Å². The van der Waals surface area contributed by atoms with E-state index in [0.717, 1.165) is 42.6 Å². The summed E-state index contributed by atoms with van der Waals surface area (Å²) in [6.07, 6.45) is 10.4. The van der Waals surface area contributed by atoms with E-state index in [0.29, 0.717) is 17.9 Å². The van der Waals surface area contributed by atoms with E-state index in [1.165, 1.54) is 19.3 Å². The van der Waals surface area contributed by atoms with Crippen molar-refractivity contribution in [1.29, 1.82) is 0 Å². The molecule has 2 aromatic rings. The Labute approximate surface area is 158 Å². The Hall–Kier alpha value is -2.21. The van der Waals surface area contributed by atoms with E-state index in [1.807, 2.05) is 12.1 Å². The van der Waals surface area contributed by atoms with Crippen molar-refractivity contribution in [3.05, 3.63) is 36.3 Å². The number of amides is 1. The number of H-pyrrole nitrogens is 1. The maximum Gasteiger partial charge on any atom is 0.269 e. The summed E-state index contributed by atoms with van der Waals surface area (Å²) in [5.74, 6) is 2.15. The molecule has 0 spiro atoms. The fourth-order valence-electron chi connectivity index (χ4n) is 6.20. The lowest BCUT2D eigenvalue weighted by atomic mass is 9.48. The van der Waals surface area contributed by atoms with Gasteiger partial charge in [-0.15, -0.1) is 0 Å². The number of carbonyl (C=O) groups excluding carboxylic acids is 1. The van der Waals surface area contributed by atoms with Crippen LogP contribution in [0, 0.1) is 23.2 Å². The molecule has 0 saturated heterocycles. The minimum Gasteiger partial charge on any atom is -0.391 e. The predicted octanol–water partition coefficient (Wildman–Crippen LogP) is 2.78. The van der Waals surface area contributed by atoms with Gasteiger partial charge in [0.2, 0.25) is 0 Å². The molecule has 3 N–H and O–H groups in total. The lowest BCUT2D eigenvalue weighted by Crippen LogP contribution is -2.54. The Morgan fingerprint density at radius 2 is 1.81 bits per heavy atom. The highest BCUT2D eigenvalue weighted by Gasteiger charge is 2.53. The molecule has 4 saturated carbocycles. The summed E-state index contributed by atoms with van der Waals surface area (Å²) < 4.78 is 0. The predicted molar refractivity (Wildman–Crippen MR) is 101 cm³/mol. The highest BCUT2D eigenvalue weighted by molar-refractivity contribution is 5.93. The van der Waals surface area contributed by atoms with Gasteiger partial charge in [0.05, 0.1) is 11.8 Å². The van der Waals surface area contributed by atoms with Crippen LogP contribution < -0.4 is 5.32 Å². The molecule has 4 fully saturated rings. The third kappa shape index (κ3) is 3.06. The minimum atomic E-state index is -0.461. The van der Waals surface area contributed by atoms with Crippen molar-refractivity contribution in [2.45, 2.75) is 44.6 Å². The van der Waals surface area contributed by atoms with Gasteiger partial charge < -0.3 is 10.4 Å². The first-order valence-corrected chi connectivity index (χ1v) is 10.0. The summed E-state index contributed by atoms with van der Waals surface area (Å²) in [6.45, 7) is 0.314. The largest absolute Gasteiger partial charge is 0.391 e. The van der Waals surface area contributed by atoms with Crippen molar-refractivity contribution in [3.8, 4) is 11.3 Å². The molecule has 4 aliphatic rings. The lowest BCUT2D eigenvalue weighted by Gasteiger charge is -2.58. The number of aromatic nitrogens is 3. The number of hydrogen-bond donors (Lipinski definition) is 3. The van der Waals surface area contributed by atoms with Gasteiger partial charge in [-0.3, -0.25) is 14.9 Å². The molecular formula is C21H26N4O2. The Kier molecular flexibility index (Phi) is 4.04. The van der Waals surface area contributed by atoms with E-state index < -0.39 is 6.10 Å². The third-order valence-electron chi connectivity index (χ3n) is 7.05. The molecule has 1 unspecified atom stereocenters.